The molecule has 0 aromatic carbocycles. The van der Waals surface area contributed by atoms with Gasteiger partial charge >= 0.3 is 0 Å². The second-order valence-electron chi connectivity index (χ2n) is 4.12. The van der Waals surface area contributed by atoms with Crippen molar-refractivity contribution in [1.29, 1.82) is 0 Å². The highest BCUT2D eigenvalue weighted by molar-refractivity contribution is 9.10. The first-order valence-electron chi connectivity index (χ1n) is 6.19. The average molecular weight is 355 g/mol. The van der Waals surface area contributed by atoms with Gasteiger partial charge in [-0.25, -0.2) is 9.67 Å². The Morgan fingerprint density at radius 1 is 1.65 bits per heavy atom. The third kappa shape index (κ3) is 3.16. The molecule has 0 radical (unpaired) electrons. The van der Waals surface area contributed by atoms with E-state index in [1.54, 1.807) is 29.8 Å². The molecular formula is C13H15BrN4OS. The van der Waals surface area contributed by atoms with Gasteiger partial charge in [-0.2, -0.15) is 5.10 Å². The van der Waals surface area contributed by atoms with Crippen LogP contribution in [0.15, 0.2) is 39.7 Å². The van der Waals surface area contributed by atoms with E-state index in [4.69, 9.17) is 0 Å². The first kappa shape index (κ1) is 14.9. The number of nitrogens with zero attached hydrogens (tertiary/aromatic N) is 3. The van der Waals surface area contributed by atoms with Crippen LogP contribution < -0.4 is 10.9 Å². The van der Waals surface area contributed by atoms with Gasteiger partial charge in [0.1, 0.15) is 9.48 Å². The van der Waals surface area contributed by atoms with Crippen LogP contribution in [0.2, 0.25) is 0 Å². The monoisotopic (exact) mass is 354 g/mol. The summed E-state index contributed by atoms with van der Waals surface area (Å²) in [6.45, 7) is 6.07. The number of hydrogen-bond acceptors (Lipinski definition) is 5. The SMILES string of the molecule is C=CCn1ncc(NC(CC)c2nccs2)c(Br)c1=O. The fourth-order valence-electron chi connectivity index (χ4n) is 1.75. The Hall–Kier alpha value is -1.47. The van der Waals surface area contributed by atoms with Crippen LogP contribution in [0.1, 0.15) is 24.4 Å². The summed E-state index contributed by atoms with van der Waals surface area (Å²) < 4.78 is 1.83. The summed E-state index contributed by atoms with van der Waals surface area (Å²) in [6.07, 6.45) is 5.93. The Labute approximate surface area is 129 Å². The molecular weight excluding hydrogens is 340 g/mol. The van der Waals surface area contributed by atoms with Crippen molar-refractivity contribution in [3.63, 3.8) is 0 Å². The molecule has 0 aliphatic carbocycles. The summed E-state index contributed by atoms with van der Waals surface area (Å²) in [4.78, 5) is 16.4. The zero-order valence-corrected chi connectivity index (χ0v) is 13.4. The van der Waals surface area contributed by atoms with E-state index in [1.807, 2.05) is 5.38 Å². The van der Waals surface area contributed by atoms with Crippen LogP contribution in [0.5, 0.6) is 0 Å². The van der Waals surface area contributed by atoms with Gasteiger partial charge in [0.25, 0.3) is 5.56 Å². The summed E-state index contributed by atoms with van der Waals surface area (Å²) in [5.74, 6) is 0. The molecule has 20 heavy (non-hydrogen) atoms. The fraction of sp³-hybridized carbons (Fsp3) is 0.308. The zero-order chi connectivity index (χ0) is 14.5. The number of hydrogen-bond donors (Lipinski definition) is 1. The smallest absolute Gasteiger partial charge is 0.283 e. The highest BCUT2D eigenvalue weighted by atomic mass is 79.9. The van der Waals surface area contributed by atoms with Crippen molar-refractivity contribution in [2.45, 2.75) is 25.9 Å². The Morgan fingerprint density at radius 3 is 3.05 bits per heavy atom. The molecule has 2 aromatic rings. The van der Waals surface area contributed by atoms with Gasteiger partial charge in [0.15, 0.2) is 0 Å². The molecule has 7 heteroatoms. The molecule has 0 aliphatic rings. The van der Waals surface area contributed by atoms with Crippen LogP contribution in [0.4, 0.5) is 5.69 Å². The second-order valence-corrected chi connectivity index (χ2v) is 5.84. The van der Waals surface area contributed by atoms with E-state index < -0.39 is 0 Å². The lowest BCUT2D eigenvalue weighted by atomic mass is 10.2. The molecule has 106 valence electrons. The third-order valence-electron chi connectivity index (χ3n) is 2.77. The maximum atomic E-state index is 12.1. The van der Waals surface area contributed by atoms with Crippen molar-refractivity contribution in [2.75, 3.05) is 5.32 Å². The number of nitrogens with one attached hydrogen (secondary N) is 1. The number of thiazole rings is 1. The molecule has 2 aromatic heterocycles. The molecule has 1 atom stereocenters. The molecule has 0 fully saturated rings. The van der Waals surface area contributed by atoms with Gasteiger partial charge in [-0.3, -0.25) is 4.79 Å². The van der Waals surface area contributed by atoms with Crippen LogP contribution in [0.3, 0.4) is 0 Å². The van der Waals surface area contributed by atoms with Crippen molar-refractivity contribution in [3.05, 3.63) is 50.3 Å². The van der Waals surface area contributed by atoms with Gasteiger partial charge in [0.05, 0.1) is 24.5 Å². The standard InChI is InChI=1S/C13H15BrN4OS/c1-3-6-18-13(19)11(14)10(8-16-18)17-9(4-2)12-15-5-7-20-12/h3,5,7-9,17H,1,4,6H2,2H3. The zero-order valence-electron chi connectivity index (χ0n) is 11.0. The third-order valence-corrected chi connectivity index (χ3v) is 4.43. The summed E-state index contributed by atoms with van der Waals surface area (Å²) in [5.41, 5.74) is 0.501. The predicted octanol–water partition coefficient (Wildman–Crippen LogP) is 3.21. The minimum atomic E-state index is -0.177. The number of allylic oxidation sites excluding steroid dienone is 1. The Balaban J connectivity index is 2.27. The largest absolute Gasteiger partial charge is 0.373 e. The predicted molar refractivity (Wildman–Crippen MR) is 85.2 cm³/mol. The topological polar surface area (TPSA) is 59.8 Å². The van der Waals surface area contributed by atoms with Gasteiger partial charge in [0.2, 0.25) is 0 Å². The summed E-state index contributed by atoms with van der Waals surface area (Å²) in [6, 6.07) is 0.0720. The quantitative estimate of drug-likeness (QED) is 0.809. The van der Waals surface area contributed by atoms with E-state index in [0.717, 1.165) is 11.4 Å². The normalized spacial score (nSPS) is 12.1. The van der Waals surface area contributed by atoms with Crippen molar-refractivity contribution in [3.8, 4) is 0 Å². The van der Waals surface area contributed by atoms with E-state index in [2.05, 4.69) is 44.8 Å². The minimum absolute atomic E-state index is 0.0720. The van der Waals surface area contributed by atoms with Gasteiger partial charge in [0, 0.05) is 11.6 Å². The van der Waals surface area contributed by atoms with E-state index in [-0.39, 0.29) is 11.6 Å². The Kier molecular flexibility index (Phi) is 5.08. The molecule has 0 saturated carbocycles. The summed E-state index contributed by atoms with van der Waals surface area (Å²) in [7, 11) is 0. The molecule has 0 saturated heterocycles. The minimum Gasteiger partial charge on any atom is -0.373 e. The van der Waals surface area contributed by atoms with E-state index in [0.29, 0.717) is 16.7 Å². The molecule has 0 bridgehead atoms. The number of aromatic nitrogens is 3. The van der Waals surface area contributed by atoms with Crippen LogP contribution in [0.25, 0.3) is 0 Å². The highest BCUT2D eigenvalue weighted by Gasteiger charge is 2.15. The van der Waals surface area contributed by atoms with Gasteiger partial charge in [-0.05, 0) is 22.4 Å². The lowest BCUT2D eigenvalue weighted by molar-refractivity contribution is 0.645. The lowest BCUT2D eigenvalue weighted by Gasteiger charge is -2.17. The molecule has 0 aliphatic heterocycles. The summed E-state index contributed by atoms with van der Waals surface area (Å²) in [5, 5.41) is 10.4. The maximum Gasteiger partial charge on any atom is 0.283 e. The fourth-order valence-corrected chi connectivity index (χ4v) is 2.94. The average Bonchev–Trinajstić information content (AvgIpc) is 2.97. The lowest BCUT2D eigenvalue weighted by Crippen LogP contribution is -2.24. The van der Waals surface area contributed by atoms with Crippen molar-refractivity contribution in [1.82, 2.24) is 14.8 Å². The molecule has 5 nitrogen and oxygen atoms in total. The van der Waals surface area contributed by atoms with Crippen LogP contribution in [-0.4, -0.2) is 14.8 Å². The number of anilines is 1. The molecule has 0 amide bonds. The number of rotatable bonds is 6. The van der Waals surface area contributed by atoms with Crippen LogP contribution >= 0.6 is 27.3 Å². The van der Waals surface area contributed by atoms with E-state index in [1.165, 1.54) is 4.68 Å². The second kappa shape index (κ2) is 6.81. The molecule has 1 N–H and O–H groups in total. The number of halogens is 1. The van der Waals surface area contributed by atoms with Crippen molar-refractivity contribution in [2.24, 2.45) is 0 Å². The van der Waals surface area contributed by atoms with Crippen molar-refractivity contribution >= 4 is 33.0 Å². The summed E-state index contributed by atoms with van der Waals surface area (Å²) >= 11 is 4.93. The molecule has 1 unspecified atom stereocenters. The van der Waals surface area contributed by atoms with E-state index in [9.17, 15) is 4.79 Å². The molecule has 2 heterocycles. The first-order chi connectivity index (χ1) is 9.67. The van der Waals surface area contributed by atoms with Crippen LogP contribution in [-0.2, 0) is 6.54 Å². The van der Waals surface area contributed by atoms with Gasteiger partial charge < -0.3 is 5.32 Å². The molecule has 2 rings (SSSR count). The maximum absolute atomic E-state index is 12.1. The Bertz CT molecular complexity index is 638. The Morgan fingerprint density at radius 2 is 2.45 bits per heavy atom. The van der Waals surface area contributed by atoms with Gasteiger partial charge in [-0.15, -0.1) is 17.9 Å². The highest BCUT2D eigenvalue weighted by Crippen LogP contribution is 2.26. The molecule has 0 spiro atoms. The first-order valence-corrected chi connectivity index (χ1v) is 7.87. The van der Waals surface area contributed by atoms with Crippen molar-refractivity contribution < 1.29 is 0 Å². The van der Waals surface area contributed by atoms with Gasteiger partial charge in [-0.1, -0.05) is 13.0 Å². The van der Waals surface area contributed by atoms with E-state index >= 15 is 0 Å². The van der Waals surface area contributed by atoms with Crippen LogP contribution in [0, 0.1) is 0 Å².